The van der Waals surface area contributed by atoms with Gasteiger partial charge in [-0.1, -0.05) is 11.6 Å². The lowest BCUT2D eigenvalue weighted by Crippen LogP contribution is -2.21. The standard InChI is InChI=1S/C16H12ClF2NO5/c17-9-1-6-13(21)12(7-9)15(23)24-8-14(22)20-10-2-4-11(5-3-10)25-16(18)19/h1-7,16,21H,8H2,(H,20,22). The number of halogens is 3. The number of esters is 1. The molecule has 0 unspecified atom stereocenters. The lowest BCUT2D eigenvalue weighted by atomic mass is 10.2. The molecule has 0 saturated carbocycles. The molecule has 0 bridgehead atoms. The molecule has 0 radical (unpaired) electrons. The van der Waals surface area contributed by atoms with E-state index in [1.807, 2.05) is 0 Å². The fourth-order valence-corrected chi connectivity index (χ4v) is 1.97. The van der Waals surface area contributed by atoms with E-state index in [0.29, 0.717) is 5.69 Å². The Bertz CT molecular complexity index is 768. The Morgan fingerprint density at radius 3 is 2.48 bits per heavy atom. The zero-order valence-corrected chi connectivity index (χ0v) is 13.3. The molecule has 0 fully saturated rings. The van der Waals surface area contributed by atoms with E-state index in [9.17, 15) is 23.5 Å². The van der Waals surface area contributed by atoms with E-state index >= 15 is 0 Å². The van der Waals surface area contributed by atoms with Gasteiger partial charge in [-0.3, -0.25) is 4.79 Å². The maximum Gasteiger partial charge on any atom is 0.387 e. The summed E-state index contributed by atoms with van der Waals surface area (Å²) in [5.74, 6) is -1.96. The molecule has 25 heavy (non-hydrogen) atoms. The second-order valence-electron chi connectivity index (χ2n) is 4.69. The van der Waals surface area contributed by atoms with Crippen LogP contribution in [0.4, 0.5) is 14.5 Å². The second-order valence-corrected chi connectivity index (χ2v) is 5.13. The number of ether oxygens (including phenoxy) is 2. The maximum absolute atomic E-state index is 12.0. The van der Waals surface area contributed by atoms with Crippen molar-refractivity contribution in [1.82, 2.24) is 0 Å². The van der Waals surface area contributed by atoms with Gasteiger partial charge < -0.3 is 19.9 Å². The monoisotopic (exact) mass is 371 g/mol. The molecule has 0 atom stereocenters. The van der Waals surface area contributed by atoms with Crippen LogP contribution in [0.5, 0.6) is 11.5 Å². The summed E-state index contributed by atoms with van der Waals surface area (Å²) >= 11 is 5.72. The number of carbonyl (C=O) groups excluding carboxylic acids is 2. The van der Waals surface area contributed by atoms with Crippen molar-refractivity contribution in [2.24, 2.45) is 0 Å². The number of amides is 1. The van der Waals surface area contributed by atoms with Crippen molar-refractivity contribution < 1.29 is 33.0 Å². The molecule has 0 aliphatic heterocycles. The predicted octanol–water partition coefficient (Wildman–Crippen LogP) is 3.44. The van der Waals surface area contributed by atoms with Crippen LogP contribution in [-0.2, 0) is 9.53 Å². The third-order valence-electron chi connectivity index (χ3n) is 2.88. The smallest absolute Gasteiger partial charge is 0.387 e. The molecule has 2 N–H and O–H groups in total. The van der Waals surface area contributed by atoms with E-state index in [-0.39, 0.29) is 22.1 Å². The van der Waals surface area contributed by atoms with E-state index in [1.54, 1.807) is 0 Å². The van der Waals surface area contributed by atoms with Crippen LogP contribution >= 0.6 is 11.6 Å². The summed E-state index contributed by atoms with van der Waals surface area (Å²) in [4.78, 5) is 23.5. The van der Waals surface area contributed by atoms with Crippen LogP contribution in [0.1, 0.15) is 10.4 Å². The summed E-state index contributed by atoms with van der Waals surface area (Å²) in [7, 11) is 0. The van der Waals surface area contributed by atoms with Crippen LogP contribution in [-0.4, -0.2) is 30.2 Å². The molecule has 0 heterocycles. The van der Waals surface area contributed by atoms with E-state index in [1.165, 1.54) is 42.5 Å². The molecule has 6 nitrogen and oxygen atoms in total. The highest BCUT2D eigenvalue weighted by Crippen LogP contribution is 2.22. The Morgan fingerprint density at radius 1 is 1.16 bits per heavy atom. The first-order chi connectivity index (χ1) is 11.8. The zero-order valence-electron chi connectivity index (χ0n) is 12.5. The largest absolute Gasteiger partial charge is 0.507 e. The summed E-state index contributed by atoms with van der Waals surface area (Å²) in [6.07, 6.45) is 0. The normalized spacial score (nSPS) is 10.4. The Hall–Kier alpha value is -2.87. The lowest BCUT2D eigenvalue weighted by molar-refractivity contribution is -0.119. The maximum atomic E-state index is 12.0. The predicted molar refractivity (Wildman–Crippen MR) is 85.1 cm³/mol. The van der Waals surface area contributed by atoms with Gasteiger partial charge in [-0.15, -0.1) is 0 Å². The first kappa shape index (κ1) is 18.5. The number of hydrogen-bond donors (Lipinski definition) is 2. The molecular weight excluding hydrogens is 360 g/mol. The number of alkyl halides is 2. The van der Waals surface area contributed by atoms with E-state index in [0.717, 1.165) is 0 Å². The van der Waals surface area contributed by atoms with Gasteiger partial charge in [0.2, 0.25) is 0 Å². The highest BCUT2D eigenvalue weighted by atomic mass is 35.5. The van der Waals surface area contributed by atoms with Gasteiger partial charge in [0.15, 0.2) is 6.61 Å². The average molecular weight is 372 g/mol. The Labute approximate surface area is 145 Å². The molecule has 0 spiro atoms. The van der Waals surface area contributed by atoms with Gasteiger partial charge in [0, 0.05) is 10.7 Å². The Kier molecular flexibility index (Phi) is 6.13. The SMILES string of the molecule is O=C(COC(=O)c1cc(Cl)ccc1O)Nc1ccc(OC(F)F)cc1. The number of carbonyl (C=O) groups is 2. The molecule has 2 aromatic rings. The van der Waals surface area contributed by atoms with Crippen molar-refractivity contribution in [1.29, 1.82) is 0 Å². The summed E-state index contributed by atoms with van der Waals surface area (Å²) in [5, 5.41) is 12.2. The molecular formula is C16H12ClF2NO5. The van der Waals surface area contributed by atoms with E-state index < -0.39 is 25.1 Å². The molecule has 0 aromatic heterocycles. The molecule has 132 valence electrons. The summed E-state index contributed by atoms with van der Waals surface area (Å²) in [6.45, 7) is -3.55. The van der Waals surface area contributed by atoms with Gasteiger partial charge in [-0.2, -0.15) is 8.78 Å². The minimum Gasteiger partial charge on any atom is -0.507 e. The number of aromatic hydroxyl groups is 1. The third-order valence-corrected chi connectivity index (χ3v) is 3.11. The quantitative estimate of drug-likeness (QED) is 0.760. The minimum atomic E-state index is -2.94. The molecule has 0 saturated heterocycles. The highest BCUT2D eigenvalue weighted by molar-refractivity contribution is 6.31. The van der Waals surface area contributed by atoms with Crippen LogP contribution in [0.15, 0.2) is 42.5 Å². The van der Waals surface area contributed by atoms with Gasteiger partial charge >= 0.3 is 12.6 Å². The number of rotatable bonds is 6. The molecule has 1 amide bonds. The van der Waals surface area contributed by atoms with Crippen molar-refractivity contribution in [3.63, 3.8) is 0 Å². The van der Waals surface area contributed by atoms with Crippen molar-refractivity contribution in [2.75, 3.05) is 11.9 Å². The molecule has 0 aliphatic rings. The van der Waals surface area contributed by atoms with Crippen molar-refractivity contribution in [3.05, 3.63) is 53.1 Å². The topological polar surface area (TPSA) is 84.9 Å². The highest BCUT2D eigenvalue weighted by Gasteiger charge is 2.15. The van der Waals surface area contributed by atoms with E-state index in [2.05, 4.69) is 10.1 Å². The van der Waals surface area contributed by atoms with Crippen molar-refractivity contribution in [2.45, 2.75) is 6.61 Å². The Balaban J connectivity index is 1.88. The van der Waals surface area contributed by atoms with Crippen LogP contribution in [0.2, 0.25) is 5.02 Å². The number of benzene rings is 2. The van der Waals surface area contributed by atoms with Crippen molar-refractivity contribution >= 4 is 29.2 Å². The van der Waals surface area contributed by atoms with Gasteiger partial charge in [-0.25, -0.2) is 4.79 Å². The fourth-order valence-electron chi connectivity index (χ4n) is 1.80. The minimum absolute atomic E-state index is 0.0594. The van der Waals surface area contributed by atoms with Crippen LogP contribution < -0.4 is 10.1 Å². The summed E-state index contributed by atoms with van der Waals surface area (Å²) in [6, 6.07) is 9.01. The van der Waals surface area contributed by atoms with Gasteiger partial charge in [-0.05, 0) is 42.5 Å². The number of phenols is 1. The van der Waals surface area contributed by atoms with Gasteiger partial charge in [0.1, 0.15) is 17.1 Å². The zero-order chi connectivity index (χ0) is 18.4. The van der Waals surface area contributed by atoms with Gasteiger partial charge in [0.25, 0.3) is 5.91 Å². The van der Waals surface area contributed by atoms with Crippen LogP contribution in [0.3, 0.4) is 0 Å². The fraction of sp³-hybridized carbons (Fsp3) is 0.125. The third kappa shape index (κ3) is 5.61. The molecule has 2 aromatic carbocycles. The van der Waals surface area contributed by atoms with Crippen molar-refractivity contribution in [3.8, 4) is 11.5 Å². The van der Waals surface area contributed by atoms with Gasteiger partial charge in [0.05, 0.1) is 0 Å². The summed E-state index contributed by atoms with van der Waals surface area (Å²) < 4.78 is 33.0. The number of phenolic OH excluding ortho intramolecular Hbond substituents is 1. The summed E-state index contributed by atoms with van der Waals surface area (Å²) in [5.41, 5.74) is 0.127. The average Bonchev–Trinajstić information content (AvgIpc) is 2.56. The number of anilines is 1. The first-order valence-electron chi connectivity index (χ1n) is 6.85. The van der Waals surface area contributed by atoms with Crippen LogP contribution in [0, 0.1) is 0 Å². The molecule has 0 aliphatic carbocycles. The lowest BCUT2D eigenvalue weighted by Gasteiger charge is -2.09. The molecule has 9 heteroatoms. The molecule has 2 rings (SSSR count). The number of hydrogen-bond acceptors (Lipinski definition) is 5. The number of nitrogens with one attached hydrogen (secondary N) is 1. The van der Waals surface area contributed by atoms with Crippen LogP contribution in [0.25, 0.3) is 0 Å². The second kappa shape index (κ2) is 8.29. The first-order valence-corrected chi connectivity index (χ1v) is 7.23. The Morgan fingerprint density at radius 2 is 1.84 bits per heavy atom. The van der Waals surface area contributed by atoms with E-state index in [4.69, 9.17) is 16.3 Å².